The molecule has 1 aromatic carbocycles. The number of benzene rings is 1. The molecule has 0 aliphatic carbocycles. The number of nitrogens with zero attached hydrogens (tertiary/aromatic N) is 1. The highest BCUT2D eigenvalue weighted by Crippen LogP contribution is 2.15. The standard InChI is InChI=1S/C15H25N3O2S/c1-13(16)14-6-4-7-15(12-14)21(19,20)17-8-5-11-18-9-2-3-10-18/h4,6-7,12-13,17H,2-3,5,8-11,16H2,1H3. The van der Waals surface area contributed by atoms with Crippen molar-refractivity contribution < 1.29 is 8.42 Å². The van der Waals surface area contributed by atoms with Gasteiger partial charge >= 0.3 is 0 Å². The summed E-state index contributed by atoms with van der Waals surface area (Å²) >= 11 is 0. The molecule has 0 saturated carbocycles. The molecule has 2 rings (SSSR count). The van der Waals surface area contributed by atoms with Crippen LogP contribution in [-0.4, -0.2) is 39.5 Å². The zero-order chi connectivity index (χ0) is 15.3. The molecule has 0 amide bonds. The maximum Gasteiger partial charge on any atom is 0.240 e. The van der Waals surface area contributed by atoms with Crippen molar-refractivity contribution in [1.29, 1.82) is 0 Å². The molecular weight excluding hydrogens is 286 g/mol. The number of likely N-dealkylation sites (tertiary alicyclic amines) is 1. The van der Waals surface area contributed by atoms with Crippen molar-refractivity contribution in [2.75, 3.05) is 26.2 Å². The molecule has 0 aromatic heterocycles. The molecule has 1 fully saturated rings. The predicted octanol–water partition coefficient (Wildman–Crippen LogP) is 1.47. The van der Waals surface area contributed by atoms with Gasteiger partial charge in [0.15, 0.2) is 0 Å². The number of nitrogens with two attached hydrogens (primary N) is 1. The highest BCUT2D eigenvalue weighted by molar-refractivity contribution is 7.89. The molecule has 21 heavy (non-hydrogen) atoms. The molecule has 1 unspecified atom stereocenters. The quantitative estimate of drug-likeness (QED) is 0.748. The Hall–Kier alpha value is -0.950. The zero-order valence-corrected chi connectivity index (χ0v) is 13.4. The van der Waals surface area contributed by atoms with Gasteiger partial charge in [0.05, 0.1) is 4.90 Å². The average molecular weight is 311 g/mol. The van der Waals surface area contributed by atoms with Gasteiger partial charge in [0.1, 0.15) is 0 Å². The third-order valence-corrected chi connectivity index (χ3v) is 5.29. The summed E-state index contributed by atoms with van der Waals surface area (Å²) in [7, 11) is -3.44. The molecule has 1 heterocycles. The maximum absolute atomic E-state index is 12.2. The van der Waals surface area contributed by atoms with Crippen molar-refractivity contribution in [3.8, 4) is 0 Å². The Bertz CT molecular complexity index is 552. The Morgan fingerprint density at radius 1 is 1.33 bits per heavy atom. The Kier molecular flexibility index (Phi) is 5.75. The third kappa shape index (κ3) is 4.78. The van der Waals surface area contributed by atoms with Crippen molar-refractivity contribution in [2.45, 2.75) is 37.1 Å². The molecule has 1 aliphatic heterocycles. The van der Waals surface area contributed by atoms with Crippen LogP contribution in [0.5, 0.6) is 0 Å². The number of hydrogen-bond donors (Lipinski definition) is 2. The molecule has 1 aromatic rings. The third-order valence-electron chi connectivity index (χ3n) is 3.84. The summed E-state index contributed by atoms with van der Waals surface area (Å²) in [5, 5.41) is 0. The van der Waals surface area contributed by atoms with Gasteiger partial charge in [0.2, 0.25) is 10.0 Å². The maximum atomic E-state index is 12.2. The van der Waals surface area contributed by atoms with Gasteiger partial charge in [-0.2, -0.15) is 0 Å². The summed E-state index contributed by atoms with van der Waals surface area (Å²) in [5.41, 5.74) is 6.63. The molecule has 3 N–H and O–H groups in total. The summed E-state index contributed by atoms with van der Waals surface area (Å²) in [5.74, 6) is 0. The van der Waals surface area contributed by atoms with Crippen LogP contribution in [-0.2, 0) is 10.0 Å². The van der Waals surface area contributed by atoms with E-state index >= 15 is 0 Å². The van der Waals surface area contributed by atoms with E-state index in [2.05, 4.69) is 9.62 Å². The average Bonchev–Trinajstić information content (AvgIpc) is 2.97. The van der Waals surface area contributed by atoms with Gasteiger partial charge in [-0.1, -0.05) is 12.1 Å². The van der Waals surface area contributed by atoms with Crippen LogP contribution < -0.4 is 10.5 Å². The molecule has 0 radical (unpaired) electrons. The first-order valence-corrected chi connectivity index (χ1v) is 9.05. The van der Waals surface area contributed by atoms with E-state index in [1.807, 2.05) is 13.0 Å². The van der Waals surface area contributed by atoms with Gasteiger partial charge < -0.3 is 10.6 Å². The van der Waals surface area contributed by atoms with E-state index in [1.165, 1.54) is 12.8 Å². The molecule has 6 heteroatoms. The highest BCUT2D eigenvalue weighted by Gasteiger charge is 2.15. The van der Waals surface area contributed by atoms with Gasteiger partial charge in [0.25, 0.3) is 0 Å². The van der Waals surface area contributed by atoms with E-state index in [4.69, 9.17) is 5.73 Å². The number of nitrogens with one attached hydrogen (secondary N) is 1. The van der Waals surface area contributed by atoms with Crippen LogP contribution >= 0.6 is 0 Å². The van der Waals surface area contributed by atoms with Crippen LogP contribution in [0.1, 0.15) is 37.8 Å². The molecule has 1 saturated heterocycles. The van der Waals surface area contributed by atoms with Crippen LogP contribution in [0.3, 0.4) is 0 Å². The first kappa shape index (κ1) is 16.4. The van der Waals surface area contributed by atoms with E-state index in [1.54, 1.807) is 18.2 Å². The monoisotopic (exact) mass is 311 g/mol. The van der Waals surface area contributed by atoms with E-state index in [0.29, 0.717) is 11.4 Å². The topological polar surface area (TPSA) is 75.4 Å². The van der Waals surface area contributed by atoms with Crippen LogP contribution in [0.2, 0.25) is 0 Å². The minimum Gasteiger partial charge on any atom is -0.324 e. The lowest BCUT2D eigenvalue weighted by molar-refractivity contribution is 0.334. The predicted molar refractivity (Wildman–Crippen MR) is 84.5 cm³/mol. The fourth-order valence-electron chi connectivity index (χ4n) is 2.56. The highest BCUT2D eigenvalue weighted by atomic mass is 32.2. The fourth-order valence-corrected chi connectivity index (χ4v) is 3.69. The number of hydrogen-bond acceptors (Lipinski definition) is 4. The summed E-state index contributed by atoms with van der Waals surface area (Å²) in [4.78, 5) is 2.67. The summed E-state index contributed by atoms with van der Waals surface area (Å²) in [6, 6.07) is 6.66. The van der Waals surface area contributed by atoms with Crippen molar-refractivity contribution in [3.63, 3.8) is 0 Å². The van der Waals surface area contributed by atoms with Crippen LogP contribution in [0.4, 0.5) is 0 Å². The van der Waals surface area contributed by atoms with Gasteiger partial charge in [0, 0.05) is 12.6 Å². The Morgan fingerprint density at radius 3 is 2.71 bits per heavy atom. The largest absolute Gasteiger partial charge is 0.324 e. The summed E-state index contributed by atoms with van der Waals surface area (Å²) in [6.07, 6.45) is 3.36. The van der Waals surface area contributed by atoms with Crippen LogP contribution in [0.25, 0.3) is 0 Å². The molecule has 118 valence electrons. The van der Waals surface area contributed by atoms with Gasteiger partial charge in [-0.05, 0) is 63.5 Å². The first-order valence-electron chi connectivity index (χ1n) is 7.56. The van der Waals surface area contributed by atoms with Gasteiger partial charge in [-0.15, -0.1) is 0 Å². The van der Waals surface area contributed by atoms with Gasteiger partial charge in [-0.25, -0.2) is 13.1 Å². The van der Waals surface area contributed by atoms with E-state index < -0.39 is 10.0 Å². The number of rotatable bonds is 7. The Balaban J connectivity index is 1.87. The zero-order valence-electron chi connectivity index (χ0n) is 12.6. The Labute approximate surface area is 127 Å². The molecule has 1 aliphatic rings. The van der Waals surface area contributed by atoms with Crippen molar-refractivity contribution in [1.82, 2.24) is 9.62 Å². The lowest BCUT2D eigenvalue weighted by atomic mass is 10.1. The molecule has 1 atom stereocenters. The van der Waals surface area contributed by atoms with E-state index in [0.717, 1.165) is 31.6 Å². The second-order valence-corrected chi connectivity index (χ2v) is 7.43. The summed E-state index contributed by atoms with van der Waals surface area (Å²) in [6.45, 7) is 5.56. The minimum atomic E-state index is -3.44. The van der Waals surface area contributed by atoms with E-state index in [9.17, 15) is 8.42 Å². The molecule has 5 nitrogen and oxygen atoms in total. The fraction of sp³-hybridized carbons (Fsp3) is 0.600. The van der Waals surface area contributed by atoms with Gasteiger partial charge in [-0.3, -0.25) is 0 Å². The molecule has 0 bridgehead atoms. The molecular formula is C15H25N3O2S. The molecule has 0 spiro atoms. The van der Waals surface area contributed by atoms with E-state index in [-0.39, 0.29) is 6.04 Å². The lowest BCUT2D eigenvalue weighted by Gasteiger charge is -2.14. The normalized spacial score (nSPS) is 18.0. The SMILES string of the molecule is CC(N)c1cccc(S(=O)(=O)NCCCN2CCCC2)c1. The van der Waals surface area contributed by atoms with Crippen LogP contribution in [0.15, 0.2) is 29.2 Å². The second kappa shape index (κ2) is 7.35. The smallest absolute Gasteiger partial charge is 0.240 e. The van der Waals surface area contributed by atoms with Crippen molar-refractivity contribution in [3.05, 3.63) is 29.8 Å². The minimum absolute atomic E-state index is 0.171. The number of sulfonamides is 1. The summed E-state index contributed by atoms with van der Waals surface area (Å²) < 4.78 is 27.1. The van der Waals surface area contributed by atoms with Crippen molar-refractivity contribution >= 4 is 10.0 Å². The lowest BCUT2D eigenvalue weighted by Crippen LogP contribution is -2.28. The Morgan fingerprint density at radius 2 is 2.05 bits per heavy atom. The van der Waals surface area contributed by atoms with Crippen LogP contribution in [0, 0.1) is 0 Å². The first-order chi connectivity index (χ1) is 9.99. The van der Waals surface area contributed by atoms with Crippen molar-refractivity contribution in [2.24, 2.45) is 5.73 Å². The second-order valence-electron chi connectivity index (χ2n) is 5.66.